The second-order valence-corrected chi connectivity index (χ2v) is 10.6. The lowest BCUT2D eigenvalue weighted by molar-refractivity contribution is 0.122. The Kier molecular flexibility index (Phi) is 7.24. The van der Waals surface area contributed by atoms with Crippen molar-refractivity contribution in [1.82, 2.24) is 34.4 Å². The van der Waals surface area contributed by atoms with E-state index in [0.29, 0.717) is 36.5 Å². The highest BCUT2D eigenvalue weighted by Crippen LogP contribution is 2.31. The van der Waals surface area contributed by atoms with Crippen LogP contribution in [0.25, 0.3) is 28.2 Å². The predicted octanol–water partition coefficient (Wildman–Crippen LogP) is 2.89. The minimum absolute atomic E-state index is 0.389. The fourth-order valence-electron chi connectivity index (χ4n) is 5.63. The predicted molar refractivity (Wildman–Crippen MR) is 164 cm³/mol. The van der Waals surface area contributed by atoms with E-state index in [9.17, 15) is 0 Å². The van der Waals surface area contributed by atoms with Gasteiger partial charge in [-0.25, -0.2) is 24.9 Å². The highest BCUT2D eigenvalue weighted by atomic mass is 16.5. The number of hydrogen-bond donors (Lipinski definition) is 1. The fourth-order valence-corrected chi connectivity index (χ4v) is 5.63. The van der Waals surface area contributed by atoms with Gasteiger partial charge < -0.3 is 20.3 Å². The highest BCUT2D eigenvalue weighted by molar-refractivity contribution is 5.83. The zero-order valence-electron chi connectivity index (χ0n) is 23.7. The van der Waals surface area contributed by atoms with Crippen molar-refractivity contribution in [2.75, 3.05) is 68.0 Å². The van der Waals surface area contributed by atoms with E-state index in [0.717, 1.165) is 74.0 Å². The Hall–Kier alpha value is -5.12. The number of fused-ring (bicyclic) bond motifs is 1. The zero-order valence-corrected chi connectivity index (χ0v) is 23.7. The van der Waals surface area contributed by atoms with Crippen molar-refractivity contribution in [2.24, 2.45) is 0 Å². The summed E-state index contributed by atoms with van der Waals surface area (Å²) >= 11 is 0. The number of nitrogens with zero attached hydrogens (tertiary/aromatic N) is 10. The van der Waals surface area contributed by atoms with Gasteiger partial charge in [-0.05, 0) is 48.0 Å². The molecule has 216 valence electrons. The van der Waals surface area contributed by atoms with Crippen molar-refractivity contribution < 1.29 is 4.74 Å². The summed E-state index contributed by atoms with van der Waals surface area (Å²) in [6.45, 7) is 7.19. The molecule has 0 bridgehead atoms. The first-order chi connectivity index (χ1) is 21.2. The highest BCUT2D eigenvalue weighted by Gasteiger charge is 2.22. The number of rotatable bonds is 6. The largest absolute Gasteiger partial charge is 0.383 e. The van der Waals surface area contributed by atoms with Crippen LogP contribution in [0, 0.1) is 11.3 Å². The van der Waals surface area contributed by atoms with E-state index in [1.165, 1.54) is 5.56 Å². The SMILES string of the molecule is N#Cc1ccnc(N2CCN(Cc3ccc(-n4c(-c5cccnc5N)nc5ccc(N6CCOCC6)nc54)cc3)CC2)n1. The third-order valence-electron chi connectivity index (χ3n) is 7.92. The molecule has 0 atom stereocenters. The fraction of sp³-hybridized carbons (Fsp3) is 0.290. The van der Waals surface area contributed by atoms with Gasteiger partial charge in [0.15, 0.2) is 11.5 Å². The maximum atomic E-state index is 9.16. The van der Waals surface area contributed by atoms with Crippen LogP contribution in [0.15, 0.2) is 67.0 Å². The average Bonchev–Trinajstić information content (AvgIpc) is 3.44. The smallest absolute Gasteiger partial charge is 0.226 e. The van der Waals surface area contributed by atoms with Crippen molar-refractivity contribution in [3.05, 3.63) is 78.2 Å². The Balaban J connectivity index is 1.15. The van der Waals surface area contributed by atoms with Gasteiger partial charge in [0.25, 0.3) is 0 Å². The maximum absolute atomic E-state index is 9.16. The van der Waals surface area contributed by atoms with E-state index in [4.69, 9.17) is 25.7 Å². The Morgan fingerprint density at radius 1 is 0.814 bits per heavy atom. The average molecular weight is 574 g/mol. The van der Waals surface area contributed by atoms with Gasteiger partial charge in [0.05, 0.1) is 18.8 Å². The molecule has 2 fully saturated rings. The molecule has 6 heterocycles. The number of nitriles is 1. The van der Waals surface area contributed by atoms with Crippen molar-refractivity contribution in [3.63, 3.8) is 0 Å². The molecule has 2 aliphatic heterocycles. The Bertz CT molecular complexity index is 1780. The van der Waals surface area contributed by atoms with Crippen LogP contribution < -0.4 is 15.5 Å². The molecule has 12 heteroatoms. The molecule has 0 amide bonds. The molecule has 1 aromatic carbocycles. The van der Waals surface area contributed by atoms with Crippen LogP contribution in [-0.2, 0) is 11.3 Å². The summed E-state index contributed by atoms with van der Waals surface area (Å²) in [5.41, 5.74) is 11.2. The number of anilines is 3. The van der Waals surface area contributed by atoms with Gasteiger partial charge in [0.1, 0.15) is 28.9 Å². The maximum Gasteiger partial charge on any atom is 0.226 e. The first-order valence-corrected chi connectivity index (χ1v) is 14.4. The second kappa shape index (κ2) is 11.6. The van der Waals surface area contributed by atoms with Crippen LogP contribution in [-0.4, -0.2) is 86.9 Å². The van der Waals surface area contributed by atoms with Gasteiger partial charge in [0.2, 0.25) is 5.95 Å². The number of aromatic nitrogens is 6. The summed E-state index contributed by atoms with van der Waals surface area (Å²) in [4.78, 5) is 29.9. The van der Waals surface area contributed by atoms with E-state index in [1.807, 2.05) is 24.3 Å². The van der Waals surface area contributed by atoms with E-state index >= 15 is 0 Å². The molecule has 4 aromatic heterocycles. The summed E-state index contributed by atoms with van der Waals surface area (Å²) in [5, 5.41) is 9.16. The van der Waals surface area contributed by atoms with E-state index < -0.39 is 0 Å². The van der Waals surface area contributed by atoms with Crippen LogP contribution in [0.3, 0.4) is 0 Å². The number of ether oxygens (including phenoxy) is 1. The molecule has 0 radical (unpaired) electrons. The molecular weight excluding hydrogens is 542 g/mol. The number of piperazine rings is 1. The summed E-state index contributed by atoms with van der Waals surface area (Å²) in [6.07, 6.45) is 3.33. The molecule has 2 aliphatic rings. The molecule has 2 saturated heterocycles. The third-order valence-corrected chi connectivity index (χ3v) is 7.92. The number of nitrogen functional groups attached to an aromatic ring is 1. The van der Waals surface area contributed by atoms with E-state index in [-0.39, 0.29) is 0 Å². The number of morpholine rings is 1. The molecule has 5 aromatic rings. The summed E-state index contributed by atoms with van der Waals surface area (Å²) in [7, 11) is 0. The summed E-state index contributed by atoms with van der Waals surface area (Å²) in [6, 6.07) is 20.1. The topological polar surface area (TPSA) is 138 Å². The van der Waals surface area contributed by atoms with Gasteiger partial charge >= 0.3 is 0 Å². The van der Waals surface area contributed by atoms with Crippen molar-refractivity contribution in [2.45, 2.75) is 6.54 Å². The number of hydrogen-bond acceptors (Lipinski definition) is 11. The van der Waals surface area contributed by atoms with Gasteiger partial charge in [-0.2, -0.15) is 5.26 Å². The first kappa shape index (κ1) is 26.8. The zero-order chi connectivity index (χ0) is 29.2. The summed E-state index contributed by atoms with van der Waals surface area (Å²) in [5.74, 6) is 2.65. The van der Waals surface area contributed by atoms with Crippen molar-refractivity contribution >= 4 is 28.7 Å². The van der Waals surface area contributed by atoms with Gasteiger partial charge in [-0.3, -0.25) is 9.47 Å². The third kappa shape index (κ3) is 5.43. The molecule has 12 nitrogen and oxygen atoms in total. The molecular formula is C31H31N11O. The minimum Gasteiger partial charge on any atom is -0.383 e. The molecule has 0 spiro atoms. The molecule has 0 unspecified atom stereocenters. The quantitative estimate of drug-likeness (QED) is 0.321. The van der Waals surface area contributed by atoms with E-state index in [1.54, 1.807) is 18.5 Å². The number of pyridine rings is 2. The van der Waals surface area contributed by atoms with Crippen molar-refractivity contribution in [1.29, 1.82) is 5.26 Å². The first-order valence-electron chi connectivity index (χ1n) is 14.4. The second-order valence-electron chi connectivity index (χ2n) is 10.6. The van der Waals surface area contributed by atoms with Crippen LogP contribution in [0.5, 0.6) is 0 Å². The summed E-state index contributed by atoms with van der Waals surface area (Å²) < 4.78 is 7.62. The number of imidazole rings is 1. The van der Waals surface area contributed by atoms with Gasteiger partial charge in [-0.15, -0.1) is 0 Å². The number of benzene rings is 1. The van der Waals surface area contributed by atoms with E-state index in [2.05, 4.69) is 64.6 Å². The monoisotopic (exact) mass is 573 g/mol. The lowest BCUT2D eigenvalue weighted by Gasteiger charge is -2.34. The molecule has 2 N–H and O–H groups in total. The van der Waals surface area contributed by atoms with Crippen molar-refractivity contribution in [3.8, 4) is 23.1 Å². The molecule has 43 heavy (non-hydrogen) atoms. The normalized spacial score (nSPS) is 16.0. The number of nitrogens with two attached hydrogens (primary N) is 1. The van der Waals surface area contributed by atoms with Crippen LogP contribution in [0.4, 0.5) is 17.6 Å². The lowest BCUT2D eigenvalue weighted by Crippen LogP contribution is -2.46. The van der Waals surface area contributed by atoms with Crippen LogP contribution in [0.1, 0.15) is 11.3 Å². The molecule has 0 aliphatic carbocycles. The molecule has 7 rings (SSSR count). The minimum atomic E-state index is 0.389. The van der Waals surface area contributed by atoms with Crippen LogP contribution >= 0.6 is 0 Å². The molecule has 0 saturated carbocycles. The Morgan fingerprint density at radius 2 is 1.63 bits per heavy atom. The Morgan fingerprint density at radius 3 is 2.40 bits per heavy atom. The van der Waals surface area contributed by atoms with Gasteiger partial charge in [0, 0.05) is 63.9 Å². The Labute approximate surface area is 249 Å². The van der Waals surface area contributed by atoms with Crippen LogP contribution in [0.2, 0.25) is 0 Å². The van der Waals surface area contributed by atoms with Gasteiger partial charge in [-0.1, -0.05) is 12.1 Å². The standard InChI is InChI=1S/C31H31N11O/c32-20-23-9-11-35-31(36-23)41-14-12-39(13-15-41)21-22-3-5-24(6-4-22)42-29(25-2-1-10-34-28(25)33)37-26-7-8-27(38-30(26)42)40-16-18-43-19-17-40/h1-11H,12-19,21H2,(H2,33,34). The lowest BCUT2D eigenvalue weighted by atomic mass is 10.1.